The minimum Gasteiger partial charge on any atom is -0.210 e. The summed E-state index contributed by atoms with van der Waals surface area (Å²) < 4.78 is 27.1. The van der Waals surface area contributed by atoms with E-state index in [2.05, 4.69) is 36.6 Å². The first-order valence-electron chi connectivity index (χ1n) is 4.31. The second kappa shape index (κ2) is 5.77. The molecule has 7 heteroatoms. The molecule has 3 nitrogen and oxygen atoms in total. The third kappa shape index (κ3) is 4.52. The molecular formula is C8H11Br2NO2S2. The van der Waals surface area contributed by atoms with E-state index in [9.17, 15) is 8.42 Å². The van der Waals surface area contributed by atoms with Gasteiger partial charge in [-0.3, -0.25) is 0 Å². The van der Waals surface area contributed by atoms with E-state index < -0.39 is 10.0 Å². The highest BCUT2D eigenvalue weighted by atomic mass is 79.9. The zero-order valence-corrected chi connectivity index (χ0v) is 12.8. The number of thiophene rings is 1. The van der Waals surface area contributed by atoms with Crippen molar-refractivity contribution in [2.45, 2.75) is 22.4 Å². The first kappa shape index (κ1) is 13.6. The number of alkyl halides is 1. The molecule has 1 aromatic rings. The van der Waals surface area contributed by atoms with Crippen LogP contribution in [0.25, 0.3) is 0 Å². The molecule has 0 bridgehead atoms. The molecule has 0 aliphatic carbocycles. The van der Waals surface area contributed by atoms with E-state index in [-0.39, 0.29) is 0 Å². The predicted molar refractivity (Wildman–Crippen MR) is 70.2 cm³/mol. The summed E-state index contributed by atoms with van der Waals surface area (Å²) in [5.41, 5.74) is 0. The van der Waals surface area contributed by atoms with E-state index in [1.54, 1.807) is 12.1 Å². The topological polar surface area (TPSA) is 46.2 Å². The Labute approximate surface area is 111 Å². The van der Waals surface area contributed by atoms with Crippen LogP contribution in [0.3, 0.4) is 0 Å². The predicted octanol–water partition coefficient (Wildman–Crippen LogP) is 2.96. The Bertz CT molecular complexity index is 414. The lowest BCUT2D eigenvalue weighted by Crippen LogP contribution is -2.25. The van der Waals surface area contributed by atoms with Gasteiger partial charge >= 0.3 is 0 Å². The van der Waals surface area contributed by atoms with Crippen molar-refractivity contribution >= 4 is 53.2 Å². The minimum absolute atomic E-state index is 0.315. The van der Waals surface area contributed by atoms with Crippen molar-refractivity contribution in [3.63, 3.8) is 0 Å². The molecule has 1 rings (SSSR count). The summed E-state index contributed by atoms with van der Waals surface area (Å²) in [5.74, 6) is 0. The van der Waals surface area contributed by atoms with E-state index in [0.717, 1.165) is 10.2 Å². The second-order valence-corrected chi connectivity index (χ2v) is 9.05. The van der Waals surface area contributed by atoms with Crippen molar-refractivity contribution in [3.05, 3.63) is 15.9 Å². The quantitative estimate of drug-likeness (QED) is 0.803. The summed E-state index contributed by atoms with van der Waals surface area (Å²) in [6, 6.07) is 3.32. The molecule has 0 aliphatic rings. The summed E-state index contributed by atoms with van der Waals surface area (Å²) >= 11 is 7.81. The Hall–Kier alpha value is 0.570. The summed E-state index contributed by atoms with van der Waals surface area (Å²) in [7, 11) is -3.32. The first-order chi connectivity index (χ1) is 6.92. The van der Waals surface area contributed by atoms with Crippen LogP contribution in [0, 0.1) is 0 Å². The number of nitrogens with one attached hydrogen (secondary N) is 1. The molecule has 1 aromatic heterocycles. The fourth-order valence-electron chi connectivity index (χ4n) is 0.905. The van der Waals surface area contributed by atoms with Gasteiger partial charge in [0, 0.05) is 11.4 Å². The summed E-state index contributed by atoms with van der Waals surface area (Å²) in [6.45, 7) is 2.43. The van der Waals surface area contributed by atoms with Gasteiger partial charge in [-0.05, 0) is 34.5 Å². The maximum Gasteiger partial charge on any atom is 0.250 e. The average Bonchev–Trinajstić information content (AvgIpc) is 2.51. The monoisotopic (exact) mass is 375 g/mol. The van der Waals surface area contributed by atoms with Gasteiger partial charge in [0.25, 0.3) is 0 Å². The molecule has 1 heterocycles. The van der Waals surface area contributed by atoms with Crippen LogP contribution in [-0.4, -0.2) is 19.8 Å². The van der Waals surface area contributed by atoms with Crippen molar-refractivity contribution < 1.29 is 8.42 Å². The van der Waals surface area contributed by atoms with Crippen molar-refractivity contribution in [2.24, 2.45) is 0 Å². The maximum atomic E-state index is 11.7. The van der Waals surface area contributed by atoms with Crippen LogP contribution in [0.15, 0.2) is 20.1 Å². The molecule has 86 valence electrons. The van der Waals surface area contributed by atoms with Gasteiger partial charge < -0.3 is 0 Å². The van der Waals surface area contributed by atoms with Crippen LogP contribution in [0.4, 0.5) is 0 Å². The van der Waals surface area contributed by atoms with Crippen LogP contribution >= 0.6 is 43.2 Å². The Balaban J connectivity index is 2.60. The zero-order chi connectivity index (χ0) is 11.5. The van der Waals surface area contributed by atoms with Gasteiger partial charge in [0.1, 0.15) is 4.21 Å². The van der Waals surface area contributed by atoms with Crippen LogP contribution in [0.2, 0.25) is 0 Å². The van der Waals surface area contributed by atoms with Crippen LogP contribution in [0.1, 0.15) is 13.3 Å². The summed E-state index contributed by atoms with van der Waals surface area (Å²) in [4.78, 5) is 0.315. The van der Waals surface area contributed by atoms with E-state index >= 15 is 0 Å². The fourth-order valence-corrected chi connectivity index (χ4v) is 4.24. The fraction of sp³-hybridized carbons (Fsp3) is 0.500. The Kier molecular flexibility index (Phi) is 5.24. The Morgan fingerprint density at radius 1 is 1.53 bits per heavy atom. The molecule has 0 saturated heterocycles. The second-order valence-electron chi connectivity index (χ2n) is 3.03. The van der Waals surface area contributed by atoms with Crippen molar-refractivity contribution in [2.75, 3.05) is 6.54 Å². The standard InChI is InChI=1S/C8H11Br2NO2S2/c1-6(9)4-5-11-15(12,13)8-3-2-7(10)14-8/h2-3,6,11H,4-5H2,1H3. The largest absolute Gasteiger partial charge is 0.250 e. The lowest BCUT2D eigenvalue weighted by Gasteiger charge is -2.05. The third-order valence-electron chi connectivity index (χ3n) is 1.65. The zero-order valence-electron chi connectivity index (χ0n) is 8.04. The van der Waals surface area contributed by atoms with Gasteiger partial charge in [0.05, 0.1) is 3.79 Å². The summed E-state index contributed by atoms with van der Waals surface area (Å²) in [5, 5.41) is 0. The highest BCUT2D eigenvalue weighted by molar-refractivity contribution is 9.11. The number of rotatable bonds is 5. The van der Waals surface area contributed by atoms with Gasteiger partial charge in [-0.25, -0.2) is 13.1 Å². The molecule has 0 aliphatic heterocycles. The number of hydrogen-bond acceptors (Lipinski definition) is 3. The molecule has 0 spiro atoms. The molecule has 1 atom stereocenters. The van der Waals surface area contributed by atoms with E-state index in [4.69, 9.17) is 0 Å². The molecule has 0 saturated carbocycles. The van der Waals surface area contributed by atoms with Crippen LogP contribution in [-0.2, 0) is 10.0 Å². The Morgan fingerprint density at radius 3 is 2.67 bits per heavy atom. The number of halogens is 2. The molecule has 0 amide bonds. The normalized spacial score (nSPS) is 14.1. The molecule has 0 fully saturated rings. The van der Waals surface area contributed by atoms with Crippen LogP contribution < -0.4 is 4.72 Å². The maximum absolute atomic E-state index is 11.7. The molecular weight excluding hydrogens is 366 g/mol. The van der Waals surface area contributed by atoms with Gasteiger partial charge in [0.15, 0.2) is 0 Å². The van der Waals surface area contributed by atoms with Gasteiger partial charge in [-0.2, -0.15) is 0 Å². The van der Waals surface area contributed by atoms with Crippen LogP contribution in [0.5, 0.6) is 0 Å². The van der Waals surface area contributed by atoms with Gasteiger partial charge in [0.2, 0.25) is 10.0 Å². The molecule has 15 heavy (non-hydrogen) atoms. The summed E-state index contributed by atoms with van der Waals surface area (Å²) in [6.07, 6.45) is 0.770. The molecule has 1 unspecified atom stereocenters. The Morgan fingerprint density at radius 2 is 2.20 bits per heavy atom. The molecule has 0 radical (unpaired) electrons. The minimum atomic E-state index is -3.32. The van der Waals surface area contributed by atoms with Gasteiger partial charge in [-0.15, -0.1) is 11.3 Å². The lowest BCUT2D eigenvalue weighted by molar-refractivity contribution is 0.581. The van der Waals surface area contributed by atoms with Crippen molar-refractivity contribution in [1.82, 2.24) is 4.72 Å². The lowest BCUT2D eigenvalue weighted by atomic mass is 10.3. The number of sulfonamides is 1. The van der Waals surface area contributed by atoms with Crippen molar-refractivity contribution in [3.8, 4) is 0 Å². The first-order valence-corrected chi connectivity index (χ1v) is 8.32. The SMILES string of the molecule is CC(Br)CCNS(=O)(=O)c1ccc(Br)s1. The molecule has 0 aromatic carbocycles. The smallest absolute Gasteiger partial charge is 0.210 e. The number of hydrogen-bond donors (Lipinski definition) is 1. The highest BCUT2D eigenvalue weighted by Gasteiger charge is 2.15. The van der Waals surface area contributed by atoms with E-state index in [0.29, 0.717) is 15.6 Å². The average molecular weight is 377 g/mol. The highest BCUT2D eigenvalue weighted by Crippen LogP contribution is 2.25. The van der Waals surface area contributed by atoms with E-state index in [1.807, 2.05) is 6.92 Å². The van der Waals surface area contributed by atoms with E-state index in [1.165, 1.54) is 11.3 Å². The molecule has 1 N–H and O–H groups in total. The van der Waals surface area contributed by atoms with Gasteiger partial charge in [-0.1, -0.05) is 22.9 Å². The third-order valence-corrected chi connectivity index (χ3v) is 5.68. The van der Waals surface area contributed by atoms with Crippen molar-refractivity contribution in [1.29, 1.82) is 0 Å².